The third-order valence-corrected chi connectivity index (χ3v) is 5.24. The Morgan fingerprint density at radius 3 is 2.58 bits per heavy atom. The van der Waals surface area contributed by atoms with Gasteiger partial charge in [0, 0.05) is 37.5 Å². The molecule has 0 aromatic carbocycles. The lowest BCUT2D eigenvalue weighted by molar-refractivity contribution is 0.102. The van der Waals surface area contributed by atoms with Gasteiger partial charge in [0.05, 0.1) is 0 Å². The fraction of sp³-hybridized carbons (Fsp3) is 1.00. The molecule has 0 bridgehead atoms. The second kappa shape index (κ2) is 9.25. The molecule has 3 heteroatoms. The summed E-state index contributed by atoms with van der Waals surface area (Å²) in [6.07, 6.45) is 2.61. The number of piperazine rings is 1. The smallest absolute Gasteiger partial charge is 0.0224 e. The lowest BCUT2D eigenvalue weighted by atomic mass is 9.93. The fourth-order valence-electron chi connectivity index (χ4n) is 2.92. The predicted octanol–water partition coefficient (Wildman–Crippen LogP) is 3.47. The summed E-state index contributed by atoms with van der Waals surface area (Å²) in [7, 11) is 0. The van der Waals surface area contributed by atoms with Crippen molar-refractivity contribution in [1.29, 1.82) is 0 Å². The van der Waals surface area contributed by atoms with Crippen molar-refractivity contribution in [3.05, 3.63) is 0 Å². The van der Waals surface area contributed by atoms with Gasteiger partial charge in [0.25, 0.3) is 0 Å². The summed E-state index contributed by atoms with van der Waals surface area (Å²) in [5.74, 6) is 4.13. The molecule has 0 aromatic heterocycles. The van der Waals surface area contributed by atoms with E-state index in [1.54, 1.807) is 0 Å². The van der Waals surface area contributed by atoms with Gasteiger partial charge >= 0.3 is 0 Å². The van der Waals surface area contributed by atoms with Crippen molar-refractivity contribution in [2.45, 2.75) is 59.5 Å². The Hall–Kier alpha value is 0.270. The Morgan fingerprint density at radius 1 is 1.26 bits per heavy atom. The average Bonchev–Trinajstić information content (AvgIpc) is 2.39. The Labute approximate surface area is 125 Å². The Kier molecular flexibility index (Phi) is 8.43. The molecule has 1 aliphatic rings. The molecule has 114 valence electrons. The summed E-state index contributed by atoms with van der Waals surface area (Å²) in [6, 6.07) is 1.44. The zero-order valence-electron chi connectivity index (χ0n) is 13.6. The van der Waals surface area contributed by atoms with Gasteiger partial charge in [-0.1, -0.05) is 41.0 Å². The van der Waals surface area contributed by atoms with Crippen LogP contribution < -0.4 is 5.32 Å². The summed E-state index contributed by atoms with van der Waals surface area (Å²) in [5, 5.41) is 3.80. The molecule has 19 heavy (non-hydrogen) atoms. The summed E-state index contributed by atoms with van der Waals surface area (Å²) >= 11 is 2.08. The largest absolute Gasteiger partial charge is 0.311 e. The average molecular weight is 287 g/mol. The number of nitrogens with one attached hydrogen (secondary N) is 1. The van der Waals surface area contributed by atoms with Crippen molar-refractivity contribution >= 4 is 11.8 Å². The first kappa shape index (κ1) is 17.3. The molecule has 1 heterocycles. The zero-order chi connectivity index (χ0) is 14.3. The van der Waals surface area contributed by atoms with Gasteiger partial charge < -0.3 is 5.32 Å². The molecule has 3 atom stereocenters. The highest BCUT2D eigenvalue weighted by molar-refractivity contribution is 7.99. The first-order chi connectivity index (χ1) is 9.08. The fourth-order valence-corrected chi connectivity index (χ4v) is 3.58. The number of hydrogen-bond acceptors (Lipinski definition) is 3. The van der Waals surface area contributed by atoms with Crippen LogP contribution in [0.3, 0.4) is 0 Å². The van der Waals surface area contributed by atoms with Crippen molar-refractivity contribution in [2.24, 2.45) is 11.8 Å². The van der Waals surface area contributed by atoms with E-state index < -0.39 is 0 Å². The van der Waals surface area contributed by atoms with E-state index in [9.17, 15) is 0 Å². The molecule has 1 saturated heterocycles. The van der Waals surface area contributed by atoms with E-state index in [1.165, 1.54) is 44.0 Å². The van der Waals surface area contributed by atoms with Crippen LogP contribution in [0.5, 0.6) is 0 Å². The van der Waals surface area contributed by atoms with Gasteiger partial charge in [0.2, 0.25) is 0 Å². The molecule has 1 rings (SSSR count). The molecule has 3 unspecified atom stereocenters. The lowest BCUT2D eigenvalue weighted by Crippen LogP contribution is -2.59. The molecular formula is C16H34N2S. The molecule has 0 amide bonds. The molecule has 0 aliphatic carbocycles. The maximum Gasteiger partial charge on any atom is 0.0224 e. The van der Waals surface area contributed by atoms with Crippen LogP contribution in [-0.2, 0) is 0 Å². The number of hydrogen-bond donors (Lipinski definition) is 1. The molecule has 0 spiro atoms. The van der Waals surface area contributed by atoms with E-state index in [1.807, 2.05) is 0 Å². The first-order valence-corrected chi connectivity index (χ1v) is 9.29. The van der Waals surface area contributed by atoms with Crippen molar-refractivity contribution in [3.8, 4) is 0 Å². The molecule has 1 fully saturated rings. The summed E-state index contributed by atoms with van der Waals surface area (Å²) in [4.78, 5) is 2.76. The van der Waals surface area contributed by atoms with Gasteiger partial charge in [-0.2, -0.15) is 11.8 Å². The summed E-state index contributed by atoms with van der Waals surface area (Å²) < 4.78 is 0. The third-order valence-electron chi connectivity index (χ3n) is 4.36. The number of thioether (sulfide) groups is 1. The van der Waals surface area contributed by atoms with E-state index >= 15 is 0 Å². The molecule has 1 aliphatic heterocycles. The predicted molar refractivity (Wildman–Crippen MR) is 89.1 cm³/mol. The van der Waals surface area contributed by atoms with Crippen LogP contribution in [-0.4, -0.2) is 48.1 Å². The maximum absolute atomic E-state index is 3.80. The highest BCUT2D eigenvalue weighted by Crippen LogP contribution is 2.20. The second-order valence-corrected chi connectivity index (χ2v) is 7.77. The monoisotopic (exact) mass is 286 g/mol. The lowest BCUT2D eigenvalue weighted by Gasteiger charge is -2.43. The van der Waals surface area contributed by atoms with E-state index in [-0.39, 0.29) is 0 Å². The van der Waals surface area contributed by atoms with Gasteiger partial charge in [0.1, 0.15) is 0 Å². The van der Waals surface area contributed by atoms with Crippen molar-refractivity contribution < 1.29 is 0 Å². The normalized spacial score (nSPS) is 26.8. The molecule has 0 radical (unpaired) electrons. The van der Waals surface area contributed by atoms with E-state index in [0.29, 0.717) is 6.04 Å². The second-order valence-electron chi connectivity index (χ2n) is 6.38. The van der Waals surface area contributed by atoms with Gasteiger partial charge in [-0.3, -0.25) is 4.90 Å². The number of rotatable bonds is 8. The van der Waals surface area contributed by atoms with E-state index in [4.69, 9.17) is 0 Å². The minimum atomic E-state index is 0.694. The van der Waals surface area contributed by atoms with Gasteiger partial charge in [-0.15, -0.1) is 0 Å². The zero-order valence-corrected chi connectivity index (χ0v) is 14.4. The minimum absolute atomic E-state index is 0.694. The molecule has 2 nitrogen and oxygen atoms in total. The molecule has 0 aromatic rings. The quantitative estimate of drug-likeness (QED) is 0.688. The van der Waals surface area contributed by atoms with Crippen LogP contribution in [0.4, 0.5) is 0 Å². The van der Waals surface area contributed by atoms with Crippen LogP contribution in [0.15, 0.2) is 0 Å². The highest BCUT2D eigenvalue weighted by Gasteiger charge is 2.29. The van der Waals surface area contributed by atoms with Crippen LogP contribution >= 0.6 is 11.8 Å². The maximum atomic E-state index is 3.80. The standard InChI is InChI=1S/C16H34N2S/c1-6-14(5)16-12-18(8-9-19-7-2)15(11-17-16)10-13(3)4/h13-17H,6-12H2,1-5H3. The van der Waals surface area contributed by atoms with E-state index in [2.05, 4.69) is 56.6 Å². The Morgan fingerprint density at radius 2 is 2.00 bits per heavy atom. The molecule has 1 N–H and O–H groups in total. The molecular weight excluding hydrogens is 252 g/mol. The Bertz CT molecular complexity index is 233. The summed E-state index contributed by atoms with van der Waals surface area (Å²) in [6.45, 7) is 15.4. The SMILES string of the molecule is CCSCCN1CC(C(C)CC)NCC1CC(C)C. The number of nitrogens with zero attached hydrogens (tertiary/aromatic N) is 1. The van der Waals surface area contributed by atoms with Crippen LogP contribution in [0, 0.1) is 11.8 Å². The highest BCUT2D eigenvalue weighted by atomic mass is 32.2. The summed E-state index contributed by atoms with van der Waals surface area (Å²) in [5.41, 5.74) is 0. The van der Waals surface area contributed by atoms with Crippen LogP contribution in [0.25, 0.3) is 0 Å². The van der Waals surface area contributed by atoms with Crippen molar-refractivity contribution in [3.63, 3.8) is 0 Å². The molecule has 0 saturated carbocycles. The van der Waals surface area contributed by atoms with Crippen LogP contribution in [0.1, 0.15) is 47.5 Å². The van der Waals surface area contributed by atoms with Gasteiger partial charge in [0.15, 0.2) is 0 Å². The van der Waals surface area contributed by atoms with Crippen molar-refractivity contribution in [1.82, 2.24) is 10.2 Å². The first-order valence-electron chi connectivity index (χ1n) is 8.13. The Balaban J connectivity index is 2.52. The van der Waals surface area contributed by atoms with Crippen molar-refractivity contribution in [2.75, 3.05) is 31.1 Å². The van der Waals surface area contributed by atoms with E-state index in [0.717, 1.165) is 17.9 Å². The van der Waals surface area contributed by atoms with Crippen LogP contribution in [0.2, 0.25) is 0 Å². The minimum Gasteiger partial charge on any atom is -0.311 e. The third kappa shape index (κ3) is 6.05. The van der Waals surface area contributed by atoms with Gasteiger partial charge in [-0.05, 0) is 24.0 Å². The topological polar surface area (TPSA) is 15.3 Å². The van der Waals surface area contributed by atoms with Gasteiger partial charge in [-0.25, -0.2) is 0 Å².